The van der Waals surface area contributed by atoms with Crippen LogP contribution >= 0.6 is 11.6 Å². The molecule has 1 aromatic carbocycles. The fraction of sp³-hybridized carbons (Fsp3) is 0.533. The van der Waals surface area contributed by atoms with Crippen molar-refractivity contribution in [3.05, 3.63) is 30.1 Å². The molecule has 0 saturated heterocycles. The Morgan fingerprint density at radius 1 is 1.28 bits per heavy atom. The lowest BCUT2D eigenvalue weighted by Gasteiger charge is -2.29. The first-order valence-electron chi connectivity index (χ1n) is 6.74. The van der Waals surface area contributed by atoms with Gasteiger partial charge in [0.15, 0.2) is 0 Å². The molecular formula is C15H19ClN2. The first kappa shape index (κ1) is 12.0. The normalized spacial score (nSPS) is 20.4. The van der Waals surface area contributed by atoms with Crippen LogP contribution in [0.5, 0.6) is 0 Å². The van der Waals surface area contributed by atoms with Crippen LogP contribution < -0.4 is 0 Å². The van der Waals surface area contributed by atoms with Crippen LogP contribution in [0.2, 0.25) is 0 Å². The molecule has 1 aliphatic carbocycles. The molecule has 96 valence electrons. The van der Waals surface area contributed by atoms with Crippen molar-refractivity contribution < 1.29 is 0 Å². The Kier molecular flexibility index (Phi) is 2.86. The quantitative estimate of drug-likeness (QED) is 0.722. The Hall–Kier alpha value is -1.02. The van der Waals surface area contributed by atoms with E-state index >= 15 is 0 Å². The second kappa shape index (κ2) is 4.27. The number of rotatable bonds is 2. The highest BCUT2D eigenvalue weighted by atomic mass is 35.5. The van der Waals surface area contributed by atoms with Crippen LogP contribution in [0.4, 0.5) is 0 Å². The molecule has 2 nitrogen and oxygen atoms in total. The van der Waals surface area contributed by atoms with Crippen molar-refractivity contribution in [2.24, 2.45) is 0 Å². The first-order valence-corrected chi connectivity index (χ1v) is 7.17. The van der Waals surface area contributed by atoms with Crippen molar-refractivity contribution in [2.75, 3.05) is 0 Å². The Balaban J connectivity index is 2.27. The summed E-state index contributed by atoms with van der Waals surface area (Å²) >= 11 is 6.34. The van der Waals surface area contributed by atoms with Crippen molar-refractivity contribution in [3.8, 4) is 0 Å². The molecular weight excluding hydrogens is 244 g/mol. The number of para-hydroxylation sites is 2. The van der Waals surface area contributed by atoms with Gasteiger partial charge in [0.1, 0.15) is 5.82 Å². The summed E-state index contributed by atoms with van der Waals surface area (Å²) in [5.41, 5.74) is 2.48. The van der Waals surface area contributed by atoms with E-state index in [0.29, 0.717) is 0 Å². The average Bonchev–Trinajstić information content (AvgIpc) is 2.93. The minimum atomic E-state index is -0.0465. The van der Waals surface area contributed by atoms with E-state index in [9.17, 15) is 0 Å². The number of hydrogen-bond acceptors (Lipinski definition) is 1. The summed E-state index contributed by atoms with van der Waals surface area (Å²) in [6.45, 7) is 4.36. The van der Waals surface area contributed by atoms with Crippen LogP contribution in [0.1, 0.15) is 50.7 Å². The predicted octanol–water partition coefficient (Wildman–Crippen LogP) is 4.63. The van der Waals surface area contributed by atoms with Gasteiger partial charge in [-0.15, -0.1) is 11.6 Å². The number of alkyl halides is 1. The van der Waals surface area contributed by atoms with Crippen LogP contribution in [-0.4, -0.2) is 9.55 Å². The van der Waals surface area contributed by atoms with Gasteiger partial charge in [-0.05, 0) is 38.8 Å². The van der Waals surface area contributed by atoms with Crippen LogP contribution in [-0.2, 0) is 5.54 Å². The highest BCUT2D eigenvalue weighted by Crippen LogP contribution is 2.41. The van der Waals surface area contributed by atoms with Crippen LogP contribution in [0, 0.1) is 0 Å². The first-order chi connectivity index (χ1) is 8.62. The number of halogens is 1. The van der Waals surface area contributed by atoms with Crippen molar-refractivity contribution in [1.29, 1.82) is 0 Å². The van der Waals surface area contributed by atoms with Crippen molar-refractivity contribution in [3.63, 3.8) is 0 Å². The maximum absolute atomic E-state index is 6.34. The lowest BCUT2D eigenvalue weighted by atomic mass is 9.99. The predicted molar refractivity (Wildman–Crippen MR) is 76.1 cm³/mol. The largest absolute Gasteiger partial charge is 0.321 e. The van der Waals surface area contributed by atoms with E-state index in [1.54, 1.807) is 0 Å². The summed E-state index contributed by atoms with van der Waals surface area (Å²) in [5.74, 6) is 1.02. The van der Waals surface area contributed by atoms with Gasteiger partial charge in [0.25, 0.3) is 0 Å². The molecule has 18 heavy (non-hydrogen) atoms. The fourth-order valence-corrected chi connectivity index (χ4v) is 3.39. The monoisotopic (exact) mass is 262 g/mol. The van der Waals surface area contributed by atoms with Gasteiger partial charge >= 0.3 is 0 Å². The molecule has 1 saturated carbocycles. The van der Waals surface area contributed by atoms with E-state index < -0.39 is 0 Å². The van der Waals surface area contributed by atoms with E-state index in [4.69, 9.17) is 16.6 Å². The van der Waals surface area contributed by atoms with Crippen LogP contribution in [0.25, 0.3) is 11.0 Å². The zero-order valence-electron chi connectivity index (χ0n) is 11.0. The van der Waals surface area contributed by atoms with Crippen LogP contribution in [0.3, 0.4) is 0 Å². The molecule has 1 atom stereocenters. The lowest BCUT2D eigenvalue weighted by molar-refractivity contribution is 0.328. The van der Waals surface area contributed by atoms with E-state index in [0.717, 1.165) is 11.3 Å². The SMILES string of the molecule is CC(Cl)c1nc2ccccc2n1C1(C)CCCC1. The molecule has 0 aliphatic heterocycles. The summed E-state index contributed by atoms with van der Waals surface area (Å²) in [5, 5.41) is -0.0465. The zero-order valence-corrected chi connectivity index (χ0v) is 11.7. The second-order valence-corrected chi connectivity index (χ2v) is 6.27. The Bertz CT molecular complexity index is 565. The van der Waals surface area contributed by atoms with Gasteiger partial charge in [0, 0.05) is 5.54 Å². The van der Waals surface area contributed by atoms with Gasteiger partial charge in [0.2, 0.25) is 0 Å². The smallest absolute Gasteiger partial charge is 0.128 e. The summed E-state index contributed by atoms with van der Waals surface area (Å²) in [4.78, 5) is 4.73. The maximum Gasteiger partial charge on any atom is 0.128 e. The number of hydrogen-bond donors (Lipinski definition) is 0. The second-order valence-electron chi connectivity index (χ2n) is 5.61. The van der Waals surface area contributed by atoms with E-state index in [2.05, 4.69) is 29.7 Å². The molecule has 1 fully saturated rings. The third-order valence-electron chi connectivity index (χ3n) is 4.16. The Morgan fingerprint density at radius 3 is 2.61 bits per heavy atom. The highest BCUT2D eigenvalue weighted by Gasteiger charge is 2.34. The van der Waals surface area contributed by atoms with Gasteiger partial charge in [0.05, 0.1) is 16.4 Å². The summed E-state index contributed by atoms with van der Waals surface area (Å²) in [7, 11) is 0. The molecule has 0 N–H and O–H groups in total. The molecule has 1 aliphatic rings. The molecule has 3 rings (SSSR count). The maximum atomic E-state index is 6.34. The average molecular weight is 263 g/mol. The Labute approximate surface area is 113 Å². The molecule has 1 unspecified atom stereocenters. The molecule has 2 aromatic rings. The number of benzene rings is 1. The zero-order chi connectivity index (χ0) is 12.8. The standard InChI is InChI=1S/C15H19ClN2/c1-11(16)14-17-12-7-3-4-8-13(12)18(14)15(2)9-5-6-10-15/h3-4,7-8,11H,5-6,9-10H2,1-2H3. The molecule has 1 heterocycles. The summed E-state index contributed by atoms with van der Waals surface area (Å²) in [6.07, 6.45) is 5.06. The van der Waals surface area contributed by atoms with Crippen molar-refractivity contribution in [1.82, 2.24) is 9.55 Å². The molecule has 3 heteroatoms. The summed E-state index contributed by atoms with van der Waals surface area (Å²) < 4.78 is 2.40. The minimum absolute atomic E-state index is 0.0465. The van der Waals surface area contributed by atoms with Crippen LogP contribution in [0.15, 0.2) is 24.3 Å². The molecule has 0 radical (unpaired) electrons. The fourth-order valence-electron chi connectivity index (χ4n) is 3.24. The van der Waals surface area contributed by atoms with Crippen molar-refractivity contribution in [2.45, 2.75) is 50.4 Å². The van der Waals surface area contributed by atoms with Gasteiger partial charge in [-0.3, -0.25) is 0 Å². The van der Waals surface area contributed by atoms with Gasteiger partial charge < -0.3 is 4.57 Å². The van der Waals surface area contributed by atoms with E-state index in [1.165, 1.54) is 31.2 Å². The van der Waals surface area contributed by atoms with E-state index in [-0.39, 0.29) is 10.9 Å². The summed E-state index contributed by atoms with van der Waals surface area (Å²) in [6, 6.07) is 8.36. The number of imidazole rings is 1. The molecule has 0 amide bonds. The highest BCUT2D eigenvalue weighted by molar-refractivity contribution is 6.20. The Morgan fingerprint density at radius 2 is 1.94 bits per heavy atom. The minimum Gasteiger partial charge on any atom is -0.321 e. The van der Waals surface area contributed by atoms with Gasteiger partial charge in [-0.2, -0.15) is 0 Å². The third-order valence-corrected chi connectivity index (χ3v) is 4.36. The number of nitrogens with zero attached hydrogens (tertiary/aromatic N) is 2. The van der Waals surface area contributed by atoms with Gasteiger partial charge in [-0.1, -0.05) is 25.0 Å². The third kappa shape index (κ3) is 1.74. The van der Waals surface area contributed by atoms with Gasteiger partial charge in [-0.25, -0.2) is 4.98 Å². The van der Waals surface area contributed by atoms with E-state index in [1.807, 2.05) is 13.0 Å². The lowest BCUT2D eigenvalue weighted by Crippen LogP contribution is -2.28. The molecule has 0 spiro atoms. The molecule has 1 aromatic heterocycles. The number of aromatic nitrogens is 2. The number of fused-ring (bicyclic) bond motifs is 1. The topological polar surface area (TPSA) is 17.8 Å². The van der Waals surface area contributed by atoms with Crippen molar-refractivity contribution >= 4 is 22.6 Å². The molecule has 0 bridgehead atoms.